The molecule has 4 rings (SSSR count). The summed E-state index contributed by atoms with van der Waals surface area (Å²) in [6, 6.07) is 3.13. The van der Waals surface area contributed by atoms with Crippen LogP contribution in [0.25, 0.3) is 0 Å². The van der Waals surface area contributed by atoms with E-state index in [1.807, 2.05) is 0 Å². The zero-order valence-electron chi connectivity index (χ0n) is 19.5. The van der Waals surface area contributed by atoms with E-state index in [4.69, 9.17) is 4.74 Å². The smallest absolute Gasteiger partial charge is 0.414 e. The summed E-state index contributed by atoms with van der Waals surface area (Å²) in [5, 5.41) is 0.0419. The van der Waals surface area contributed by atoms with Gasteiger partial charge >= 0.3 is 6.09 Å². The first-order chi connectivity index (χ1) is 15.1. The first-order valence-corrected chi connectivity index (χ1v) is 13.2. The van der Waals surface area contributed by atoms with Crippen LogP contribution in [0.5, 0.6) is 0 Å². The minimum Gasteiger partial charge on any atom is -0.447 e. The molecule has 8 nitrogen and oxygen atoms in total. The topological polar surface area (TPSA) is 83.0 Å². The number of cyclic esters (lactones) is 1. The number of hydrogen-bond donors (Lipinski definition) is 0. The minimum atomic E-state index is -3.64. The number of aromatic nitrogens is 1. The van der Waals surface area contributed by atoms with Crippen LogP contribution in [0.1, 0.15) is 52.9 Å². The summed E-state index contributed by atoms with van der Waals surface area (Å²) in [7, 11) is -3.64. The molecule has 3 saturated heterocycles. The highest BCUT2D eigenvalue weighted by molar-refractivity contribution is 7.89. The third kappa shape index (κ3) is 5.10. The first-order valence-electron chi connectivity index (χ1n) is 11.7. The van der Waals surface area contributed by atoms with Crippen molar-refractivity contribution >= 4 is 21.8 Å². The average molecular weight is 465 g/mol. The second-order valence-electron chi connectivity index (χ2n) is 10.7. The lowest BCUT2D eigenvalue weighted by atomic mass is 9.73. The second kappa shape index (κ2) is 8.91. The number of carbonyl (C=O) groups excluding carboxylic acids is 1. The Morgan fingerprint density at radius 3 is 2.44 bits per heavy atom. The molecular weight excluding hydrogens is 428 g/mol. The van der Waals surface area contributed by atoms with Gasteiger partial charge in [-0.2, -0.15) is 4.31 Å². The van der Waals surface area contributed by atoms with Crippen molar-refractivity contribution in [2.75, 3.05) is 50.8 Å². The molecule has 0 bridgehead atoms. The average Bonchev–Trinajstić information content (AvgIpc) is 3.18. The maximum absolute atomic E-state index is 13.2. The van der Waals surface area contributed by atoms with Gasteiger partial charge in [0.05, 0.1) is 18.4 Å². The van der Waals surface area contributed by atoms with Crippen molar-refractivity contribution in [2.24, 2.45) is 10.8 Å². The Morgan fingerprint density at radius 1 is 1.09 bits per heavy atom. The fourth-order valence-electron chi connectivity index (χ4n) is 5.05. The van der Waals surface area contributed by atoms with Crippen molar-refractivity contribution in [2.45, 2.75) is 57.9 Å². The van der Waals surface area contributed by atoms with Crippen molar-refractivity contribution < 1.29 is 17.9 Å². The first kappa shape index (κ1) is 23.4. The fourth-order valence-corrected chi connectivity index (χ4v) is 6.40. The van der Waals surface area contributed by atoms with E-state index in [2.05, 4.69) is 30.7 Å². The number of piperidine rings is 2. The Hall–Kier alpha value is -1.71. The van der Waals surface area contributed by atoms with Gasteiger partial charge in [-0.3, -0.25) is 4.90 Å². The Morgan fingerprint density at radius 2 is 1.84 bits per heavy atom. The summed E-state index contributed by atoms with van der Waals surface area (Å²) in [5.74, 6) is 0. The van der Waals surface area contributed by atoms with E-state index in [-0.39, 0.29) is 10.4 Å². The number of sulfonamides is 1. The van der Waals surface area contributed by atoms with Gasteiger partial charge in [0.2, 0.25) is 0 Å². The van der Waals surface area contributed by atoms with Gasteiger partial charge in [0.15, 0.2) is 5.03 Å². The van der Waals surface area contributed by atoms with E-state index < -0.39 is 16.1 Å². The summed E-state index contributed by atoms with van der Waals surface area (Å²) in [5.41, 5.74) is 1.12. The molecule has 0 saturated carbocycles. The van der Waals surface area contributed by atoms with Crippen molar-refractivity contribution in [3.63, 3.8) is 0 Å². The Balaban J connectivity index is 1.37. The van der Waals surface area contributed by atoms with E-state index >= 15 is 0 Å². The number of likely N-dealkylation sites (tertiary alicyclic amines) is 1. The highest BCUT2D eigenvalue weighted by Gasteiger charge is 2.41. The van der Waals surface area contributed by atoms with E-state index in [0.29, 0.717) is 37.3 Å². The summed E-state index contributed by atoms with van der Waals surface area (Å²) >= 11 is 0. The van der Waals surface area contributed by atoms with Gasteiger partial charge in [0.25, 0.3) is 10.0 Å². The lowest BCUT2D eigenvalue weighted by Gasteiger charge is -2.47. The number of nitrogens with zero attached hydrogens (tertiary/aromatic N) is 4. The second-order valence-corrected chi connectivity index (χ2v) is 12.6. The molecule has 178 valence electrons. The molecule has 4 heterocycles. The number of ether oxygens (including phenoxy) is 1. The number of pyridine rings is 1. The normalized spacial score (nSPS) is 23.0. The van der Waals surface area contributed by atoms with Crippen molar-refractivity contribution in [1.82, 2.24) is 14.2 Å². The van der Waals surface area contributed by atoms with Crippen LogP contribution in [0.2, 0.25) is 0 Å². The summed E-state index contributed by atoms with van der Waals surface area (Å²) < 4.78 is 32.9. The molecule has 3 aliphatic heterocycles. The monoisotopic (exact) mass is 464 g/mol. The Labute approximate surface area is 192 Å². The van der Waals surface area contributed by atoms with Gasteiger partial charge in [0.1, 0.15) is 6.61 Å². The van der Waals surface area contributed by atoms with E-state index in [1.54, 1.807) is 10.4 Å². The molecule has 0 radical (unpaired) electrons. The highest BCUT2D eigenvalue weighted by atomic mass is 32.2. The van der Waals surface area contributed by atoms with E-state index in [0.717, 1.165) is 32.5 Å². The summed E-state index contributed by atoms with van der Waals surface area (Å²) in [6.07, 6.45) is 6.38. The van der Waals surface area contributed by atoms with Gasteiger partial charge in [-0.05, 0) is 68.2 Å². The number of carbonyl (C=O) groups is 1. The zero-order valence-corrected chi connectivity index (χ0v) is 20.4. The molecule has 3 fully saturated rings. The van der Waals surface area contributed by atoms with Crippen LogP contribution >= 0.6 is 0 Å². The molecule has 1 spiro atoms. The molecule has 1 amide bonds. The van der Waals surface area contributed by atoms with Crippen LogP contribution in [0, 0.1) is 10.8 Å². The SMILES string of the molecule is CC(C)(C)CCN1CCCC2(CCN(S(=O)(=O)c3ccc(N4CCOC4=O)cn3)CC2)C1. The number of rotatable bonds is 5. The molecule has 0 N–H and O–H groups in total. The number of amides is 1. The fraction of sp³-hybridized carbons (Fsp3) is 0.739. The lowest BCUT2D eigenvalue weighted by molar-refractivity contribution is 0.0382. The van der Waals surface area contributed by atoms with Gasteiger partial charge in [0, 0.05) is 19.6 Å². The number of hydrogen-bond acceptors (Lipinski definition) is 6. The van der Waals surface area contributed by atoms with Gasteiger partial charge < -0.3 is 9.64 Å². The molecule has 1 aromatic rings. The van der Waals surface area contributed by atoms with Crippen LogP contribution < -0.4 is 4.90 Å². The lowest BCUT2D eigenvalue weighted by Crippen LogP contribution is -2.51. The Bertz CT molecular complexity index is 918. The molecule has 0 unspecified atom stereocenters. The van der Waals surface area contributed by atoms with E-state index in [1.165, 1.54) is 36.4 Å². The molecule has 32 heavy (non-hydrogen) atoms. The third-order valence-corrected chi connectivity index (χ3v) is 8.91. The molecule has 0 aromatic carbocycles. The molecule has 0 atom stereocenters. The maximum Gasteiger partial charge on any atom is 0.414 e. The van der Waals surface area contributed by atoms with Crippen LogP contribution in [0.3, 0.4) is 0 Å². The Kier molecular flexibility index (Phi) is 6.53. The largest absolute Gasteiger partial charge is 0.447 e. The standard InChI is InChI=1S/C23H36N4O4S/c1-22(2,3)8-12-25-11-4-7-23(18-25)9-13-26(14-10-23)32(29,30)20-6-5-19(17-24-20)27-15-16-31-21(27)28/h5-6,17H,4,7-16,18H2,1-3H3. The van der Waals surface area contributed by atoms with Gasteiger partial charge in [-0.1, -0.05) is 20.8 Å². The molecular formula is C23H36N4O4S. The minimum absolute atomic E-state index is 0.0419. The van der Waals surface area contributed by atoms with Crippen molar-refractivity contribution in [3.05, 3.63) is 18.3 Å². The molecule has 3 aliphatic rings. The predicted molar refractivity (Wildman–Crippen MR) is 123 cm³/mol. The molecule has 1 aromatic heterocycles. The molecule has 9 heteroatoms. The van der Waals surface area contributed by atoms with Crippen LogP contribution in [0.4, 0.5) is 10.5 Å². The van der Waals surface area contributed by atoms with Gasteiger partial charge in [-0.25, -0.2) is 18.2 Å². The molecule has 0 aliphatic carbocycles. The maximum atomic E-state index is 13.2. The highest BCUT2D eigenvalue weighted by Crippen LogP contribution is 2.41. The van der Waals surface area contributed by atoms with Crippen LogP contribution in [-0.4, -0.2) is 74.6 Å². The third-order valence-electron chi connectivity index (χ3n) is 7.10. The van der Waals surface area contributed by atoms with Crippen LogP contribution in [-0.2, 0) is 14.8 Å². The quantitative estimate of drug-likeness (QED) is 0.665. The van der Waals surface area contributed by atoms with Crippen LogP contribution in [0.15, 0.2) is 23.4 Å². The summed E-state index contributed by atoms with van der Waals surface area (Å²) in [4.78, 5) is 19.9. The zero-order chi connectivity index (χ0) is 23.0. The summed E-state index contributed by atoms with van der Waals surface area (Å²) in [6.45, 7) is 12.1. The predicted octanol–water partition coefficient (Wildman–Crippen LogP) is 3.34. The number of anilines is 1. The van der Waals surface area contributed by atoms with Crippen molar-refractivity contribution in [3.8, 4) is 0 Å². The van der Waals surface area contributed by atoms with Crippen molar-refractivity contribution in [1.29, 1.82) is 0 Å². The van der Waals surface area contributed by atoms with Gasteiger partial charge in [-0.15, -0.1) is 0 Å². The van der Waals surface area contributed by atoms with E-state index in [9.17, 15) is 13.2 Å².